The van der Waals surface area contributed by atoms with E-state index < -0.39 is 12.1 Å². The van der Waals surface area contributed by atoms with Gasteiger partial charge in [-0.2, -0.15) is 0 Å². The summed E-state index contributed by atoms with van der Waals surface area (Å²) < 4.78 is 4.69. The molecule has 1 aliphatic carbocycles. The van der Waals surface area contributed by atoms with Crippen molar-refractivity contribution in [2.45, 2.75) is 37.8 Å². The Morgan fingerprint density at radius 2 is 2.12 bits per heavy atom. The first-order chi connectivity index (χ1) is 7.47. The Labute approximate surface area is 94.3 Å². The Morgan fingerprint density at radius 3 is 2.50 bits per heavy atom. The Balaban J connectivity index is 2.26. The van der Waals surface area contributed by atoms with Crippen LogP contribution in [0.4, 0.5) is 4.79 Å². The van der Waals surface area contributed by atoms with E-state index in [2.05, 4.69) is 10.6 Å². The number of nitrogens with one attached hydrogen (secondary N) is 2. The monoisotopic (exact) mass is 230 g/mol. The van der Waals surface area contributed by atoms with Gasteiger partial charge >= 0.3 is 12.0 Å². The first-order valence-electron chi connectivity index (χ1n) is 5.28. The van der Waals surface area contributed by atoms with E-state index >= 15 is 0 Å². The lowest BCUT2D eigenvalue weighted by molar-refractivity contribution is -0.147. The Kier molecular flexibility index (Phi) is 4.12. The van der Waals surface area contributed by atoms with Gasteiger partial charge in [-0.3, -0.25) is 0 Å². The van der Waals surface area contributed by atoms with Gasteiger partial charge in [-0.1, -0.05) is 0 Å². The molecule has 0 saturated heterocycles. The average molecular weight is 230 g/mol. The second-order valence-electron chi connectivity index (χ2n) is 4.31. The highest BCUT2D eigenvalue weighted by Crippen LogP contribution is 2.30. The van der Waals surface area contributed by atoms with Crippen LogP contribution in [0.1, 0.15) is 26.2 Å². The number of ether oxygens (including phenoxy) is 1. The van der Waals surface area contributed by atoms with Crippen molar-refractivity contribution in [3.63, 3.8) is 0 Å². The van der Waals surface area contributed by atoms with Gasteiger partial charge < -0.3 is 20.5 Å². The lowest BCUT2D eigenvalue weighted by Crippen LogP contribution is -2.55. The topological polar surface area (TPSA) is 87.7 Å². The lowest BCUT2D eigenvalue weighted by atomic mass is 9.79. The lowest BCUT2D eigenvalue weighted by Gasteiger charge is -2.39. The van der Waals surface area contributed by atoms with Crippen LogP contribution in [0.2, 0.25) is 0 Å². The zero-order chi connectivity index (χ0) is 12.2. The van der Waals surface area contributed by atoms with Gasteiger partial charge in [0.2, 0.25) is 0 Å². The van der Waals surface area contributed by atoms with Crippen LogP contribution in [0.25, 0.3) is 0 Å². The SMILES string of the molecule is COC(CNC(=O)NC1(C)CCC1)C(=O)O. The van der Waals surface area contributed by atoms with Gasteiger partial charge in [0.1, 0.15) is 0 Å². The quantitative estimate of drug-likeness (QED) is 0.635. The van der Waals surface area contributed by atoms with Crippen molar-refractivity contribution in [2.24, 2.45) is 0 Å². The summed E-state index contributed by atoms with van der Waals surface area (Å²) in [5, 5.41) is 14.0. The van der Waals surface area contributed by atoms with Crippen molar-refractivity contribution in [2.75, 3.05) is 13.7 Å². The van der Waals surface area contributed by atoms with E-state index in [0.717, 1.165) is 19.3 Å². The molecule has 3 N–H and O–H groups in total. The third-order valence-corrected chi connectivity index (χ3v) is 2.88. The molecule has 0 aromatic heterocycles. The molecule has 6 heteroatoms. The van der Waals surface area contributed by atoms with Gasteiger partial charge in [0.25, 0.3) is 0 Å². The molecule has 1 unspecified atom stereocenters. The molecule has 0 radical (unpaired) electrons. The molecule has 92 valence electrons. The molecule has 1 saturated carbocycles. The fraction of sp³-hybridized carbons (Fsp3) is 0.800. The van der Waals surface area contributed by atoms with Gasteiger partial charge in [-0.15, -0.1) is 0 Å². The molecule has 0 bridgehead atoms. The Morgan fingerprint density at radius 1 is 1.50 bits per heavy atom. The summed E-state index contributed by atoms with van der Waals surface area (Å²) in [5.41, 5.74) is -0.129. The van der Waals surface area contributed by atoms with E-state index in [4.69, 9.17) is 9.84 Å². The maximum Gasteiger partial charge on any atom is 0.334 e. The number of carbonyl (C=O) groups is 2. The smallest absolute Gasteiger partial charge is 0.334 e. The van der Waals surface area contributed by atoms with Gasteiger partial charge in [-0.05, 0) is 26.2 Å². The molecule has 6 nitrogen and oxygen atoms in total. The molecule has 0 aromatic rings. The minimum absolute atomic E-state index is 0.0340. The van der Waals surface area contributed by atoms with E-state index in [9.17, 15) is 9.59 Å². The minimum Gasteiger partial charge on any atom is -0.479 e. The summed E-state index contributed by atoms with van der Waals surface area (Å²) in [7, 11) is 1.30. The largest absolute Gasteiger partial charge is 0.479 e. The number of aliphatic carboxylic acids is 1. The molecule has 0 aromatic carbocycles. The van der Waals surface area contributed by atoms with Gasteiger partial charge in [0.15, 0.2) is 6.10 Å². The second kappa shape index (κ2) is 5.16. The zero-order valence-corrected chi connectivity index (χ0v) is 9.58. The van der Waals surface area contributed by atoms with Crippen LogP contribution in [0, 0.1) is 0 Å². The molecule has 1 fully saturated rings. The van der Waals surface area contributed by atoms with Gasteiger partial charge in [-0.25, -0.2) is 9.59 Å². The van der Waals surface area contributed by atoms with Crippen LogP contribution in [-0.2, 0) is 9.53 Å². The minimum atomic E-state index is -1.09. The van der Waals surface area contributed by atoms with E-state index in [0.29, 0.717) is 0 Å². The third-order valence-electron chi connectivity index (χ3n) is 2.88. The molecular formula is C10H18N2O4. The molecule has 0 aliphatic heterocycles. The third kappa shape index (κ3) is 3.37. The Hall–Kier alpha value is -1.30. The molecule has 0 spiro atoms. The summed E-state index contributed by atoms with van der Waals surface area (Å²) in [5.74, 6) is -1.09. The first-order valence-corrected chi connectivity index (χ1v) is 5.28. The van der Waals surface area contributed by atoms with Crippen LogP contribution >= 0.6 is 0 Å². The summed E-state index contributed by atoms with van der Waals surface area (Å²) in [6.45, 7) is 1.94. The maximum atomic E-state index is 11.4. The number of carbonyl (C=O) groups excluding carboxylic acids is 1. The molecule has 0 heterocycles. The van der Waals surface area contributed by atoms with Crippen LogP contribution in [0.15, 0.2) is 0 Å². The van der Waals surface area contributed by atoms with Crippen molar-refractivity contribution in [3.8, 4) is 0 Å². The number of hydrogen-bond donors (Lipinski definition) is 3. The predicted octanol–water partition coefficient (Wildman–Crippen LogP) is 0.328. The summed E-state index contributed by atoms with van der Waals surface area (Å²) >= 11 is 0. The normalized spacial score (nSPS) is 19.4. The standard InChI is InChI=1S/C10H18N2O4/c1-10(4-3-5-10)12-9(15)11-6-7(16-2)8(13)14/h7H,3-6H2,1-2H3,(H,13,14)(H2,11,12,15). The van der Waals surface area contributed by atoms with E-state index in [-0.39, 0.29) is 18.1 Å². The van der Waals surface area contributed by atoms with Crippen molar-refractivity contribution >= 4 is 12.0 Å². The van der Waals surface area contributed by atoms with E-state index in [1.165, 1.54) is 7.11 Å². The number of rotatable bonds is 5. The van der Waals surface area contributed by atoms with Crippen LogP contribution in [0.3, 0.4) is 0 Å². The fourth-order valence-corrected chi connectivity index (χ4v) is 1.61. The van der Waals surface area contributed by atoms with Crippen LogP contribution < -0.4 is 10.6 Å². The van der Waals surface area contributed by atoms with Crippen molar-refractivity contribution in [1.82, 2.24) is 10.6 Å². The molecule has 16 heavy (non-hydrogen) atoms. The second-order valence-corrected chi connectivity index (χ2v) is 4.31. The van der Waals surface area contributed by atoms with Crippen LogP contribution in [-0.4, -0.2) is 42.4 Å². The summed E-state index contributed by atoms with van der Waals surface area (Å²) in [6.07, 6.45) is 2.05. The van der Waals surface area contributed by atoms with Crippen molar-refractivity contribution in [1.29, 1.82) is 0 Å². The molecule has 1 aliphatic rings. The fourth-order valence-electron chi connectivity index (χ4n) is 1.61. The van der Waals surface area contributed by atoms with E-state index in [1.54, 1.807) is 0 Å². The number of carboxylic acid groups (broad SMARTS) is 1. The first kappa shape index (κ1) is 12.8. The zero-order valence-electron chi connectivity index (χ0n) is 9.58. The average Bonchev–Trinajstić information content (AvgIpc) is 2.15. The molecule has 2 amide bonds. The summed E-state index contributed by atoms with van der Waals surface area (Å²) in [6, 6.07) is -0.342. The molecule has 1 rings (SSSR count). The number of urea groups is 1. The van der Waals surface area contributed by atoms with Crippen molar-refractivity contribution < 1.29 is 19.4 Å². The number of hydrogen-bond acceptors (Lipinski definition) is 3. The maximum absolute atomic E-state index is 11.4. The summed E-state index contributed by atoms with van der Waals surface area (Å²) in [4.78, 5) is 22.0. The predicted molar refractivity (Wildman–Crippen MR) is 57.2 cm³/mol. The van der Waals surface area contributed by atoms with Gasteiger partial charge in [0, 0.05) is 12.6 Å². The number of amides is 2. The van der Waals surface area contributed by atoms with Crippen molar-refractivity contribution in [3.05, 3.63) is 0 Å². The molecule has 1 atom stereocenters. The number of methoxy groups -OCH3 is 1. The highest BCUT2D eigenvalue weighted by molar-refractivity contribution is 5.77. The van der Waals surface area contributed by atoms with E-state index in [1.807, 2.05) is 6.92 Å². The van der Waals surface area contributed by atoms with Gasteiger partial charge in [0.05, 0.1) is 6.54 Å². The highest BCUT2D eigenvalue weighted by atomic mass is 16.5. The number of carboxylic acids is 1. The highest BCUT2D eigenvalue weighted by Gasteiger charge is 2.33. The van der Waals surface area contributed by atoms with Crippen LogP contribution in [0.5, 0.6) is 0 Å². The Bertz CT molecular complexity index is 276. The molecular weight excluding hydrogens is 212 g/mol.